The van der Waals surface area contributed by atoms with Crippen molar-refractivity contribution in [2.75, 3.05) is 18.9 Å². The van der Waals surface area contributed by atoms with E-state index in [-0.39, 0.29) is 5.41 Å². The summed E-state index contributed by atoms with van der Waals surface area (Å²) in [4.78, 5) is 9.42. The Bertz CT molecular complexity index is 547. The summed E-state index contributed by atoms with van der Waals surface area (Å²) in [6.45, 7) is 5.79. The molecule has 1 fully saturated rings. The molecule has 0 spiro atoms. The molecule has 0 bridgehead atoms. The first kappa shape index (κ1) is 15.6. The highest BCUT2D eigenvalue weighted by atomic mass is 127. The first-order valence-corrected chi connectivity index (χ1v) is 11.0. The molecule has 0 amide bonds. The molecule has 1 aliphatic heterocycles. The number of aliphatic imine (C=N–C) groups is 1. The van der Waals surface area contributed by atoms with Gasteiger partial charge >= 0.3 is 0 Å². The fourth-order valence-corrected chi connectivity index (χ4v) is 4.11. The molecule has 2 atom stereocenters. The normalized spacial score (nSPS) is 24.6. The van der Waals surface area contributed by atoms with E-state index >= 15 is 0 Å². The zero-order chi connectivity index (χ0) is 14.9. The van der Waals surface area contributed by atoms with Crippen molar-refractivity contribution in [3.8, 4) is 0 Å². The van der Waals surface area contributed by atoms with E-state index in [9.17, 15) is 0 Å². The number of nitrogens with zero attached hydrogens (tertiary/aromatic N) is 2. The van der Waals surface area contributed by atoms with Gasteiger partial charge in [0.1, 0.15) is 6.61 Å². The minimum Gasteiger partial charge on any atom is -0.478 e. The molecule has 0 radical (unpaired) electrons. The lowest BCUT2D eigenvalue weighted by atomic mass is 9.88. The summed E-state index contributed by atoms with van der Waals surface area (Å²) in [5.74, 6) is 3.58. The number of hydrogen-bond donors (Lipinski definition) is 0. The van der Waals surface area contributed by atoms with Crippen molar-refractivity contribution in [2.45, 2.75) is 38.0 Å². The highest BCUT2D eigenvalue weighted by Crippen LogP contribution is 2.49. The van der Waals surface area contributed by atoms with E-state index in [2.05, 4.69) is 58.2 Å². The van der Waals surface area contributed by atoms with Crippen LogP contribution in [0.15, 0.2) is 23.2 Å². The van der Waals surface area contributed by atoms with Gasteiger partial charge in [0.15, 0.2) is 5.90 Å². The van der Waals surface area contributed by atoms with E-state index in [1.165, 1.54) is 24.3 Å². The van der Waals surface area contributed by atoms with Crippen LogP contribution in [-0.4, -0.2) is 29.8 Å². The molecule has 2 heterocycles. The summed E-state index contributed by atoms with van der Waals surface area (Å²) in [7, 11) is 1.91. The standard InChI is InChI=1S/C16H21IN2OS/c1-16(2,15-18-7-8-20-15)14-5-3-4-13(19-14)12-10-11(12)6-9-21-17/h3-5,11-12H,6-10H2,1-2H3. The number of aromatic nitrogens is 1. The fourth-order valence-electron chi connectivity index (χ4n) is 2.95. The van der Waals surface area contributed by atoms with Crippen molar-refractivity contribution in [1.82, 2.24) is 4.98 Å². The van der Waals surface area contributed by atoms with Gasteiger partial charge in [-0.3, -0.25) is 9.98 Å². The van der Waals surface area contributed by atoms with E-state index in [1.807, 2.05) is 8.93 Å². The van der Waals surface area contributed by atoms with Crippen LogP contribution in [0.4, 0.5) is 0 Å². The van der Waals surface area contributed by atoms with E-state index in [0.717, 1.165) is 24.1 Å². The van der Waals surface area contributed by atoms with Gasteiger partial charge in [-0.15, -0.1) is 0 Å². The first-order valence-electron chi connectivity index (χ1n) is 7.51. The van der Waals surface area contributed by atoms with Crippen LogP contribution in [-0.2, 0) is 10.2 Å². The first-order chi connectivity index (χ1) is 10.1. The second kappa shape index (κ2) is 6.44. The van der Waals surface area contributed by atoms with Crippen LogP contribution < -0.4 is 0 Å². The maximum atomic E-state index is 5.67. The Morgan fingerprint density at radius 3 is 3.00 bits per heavy atom. The summed E-state index contributed by atoms with van der Waals surface area (Å²) in [6, 6.07) is 6.42. The van der Waals surface area contributed by atoms with Gasteiger partial charge in [-0.05, 0) is 65.9 Å². The van der Waals surface area contributed by atoms with Crippen molar-refractivity contribution in [3.63, 3.8) is 0 Å². The lowest BCUT2D eigenvalue weighted by Crippen LogP contribution is -2.30. The SMILES string of the molecule is CC(C)(C1=NCCO1)c1cccc(C2CC2CCSI)n1. The van der Waals surface area contributed by atoms with Crippen LogP contribution in [0.2, 0.25) is 0 Å². The molecule has 21 heavy (non-hydrogen) atoms. The highest BCUT2D eigenvalue weighted by Gasteiger charge is 2.40. The molecule has 1 aromatic heterocycles. The number of ether oxygens (including phenoxy) is 1. The Labute approximate surface area is 142 Å². The van der Waals surface area contributed by atoms with Crippen molar-refractivity contribution in [3.05, 3.63) is 29.6 Å². The Morgan fingerprint density at radius 2 is 2.29 bits per heavy atom. The Kier molecular flexibility index (Phi) is 4.78. The van der Waals surface area contributed by atoms with Gasteiger partial charge in [-0.1, -0.05) is 15.0 Å². The third-order valence-electron chi connectivity index (χ3n) is 4.40. The lowest BCUT2D eigenvalue weighted by Gasteiger charge is -2.23. The summed E-state index contributed by atoms with van der Waals surface area (Å²) in [5.41, 5.74) is 2.10. The largest absolute Gasteiger partial charge is 0.478 e. The second-order valence-corrected chi connectivity index (χ2v) is 8.81. The van der Waals surface area contributed by atoms with E-state index in [1.54, 1.807) is 0 Å². The van der Waals surface area contributed by atoms with Crippen LogP contribution in [0.1, 0.15) is 44.0 Å². The van der Waals surface area contributed by atoms with Crippen molar-refractivity contribution < 1.29 is 4.74 Å². The number of pyridine rings is 1. The van der Waals surface area contributed by atoms with Crippen molar-refractivity contribution >= 4 is 36.0 Å². The van der Waals surface area contributed by atoms with E-state index in [4.69, 9.17) is 9.72 Å². The fraction of sp³-hybridized carbons (Fsp3) is 0.625. The quantitative estimate of drug-likeness (QED) is 0.647. The van der Waals surface area contributed by atoms with Crippen molar-refractivity contribution in [2.24, 2.45) is 10.9 Å². The minimum absolute atomic E-state index is 0.227. The monoisotopic (exact) mass is 416 g/mol. The Hall–Kier alpha value is -0.300. The van der Waals surface area contributed by atoms with Crippen molar-refractivity contribution in [1.29, 1.82) is 0 Å². The van der Waals surface area contributed by atoms with Crippen LogP contribution in [0.5, 0.6) is 0 Å². The highest BCUT2D eigenvalue weighted by molar-refractivity contribution is 14.2. The third kappa shape index (κ3) is 3.38. The average Bonchev–Trinajstić information content (AvgIpc) is 3.04. The molecule has 5 heteroatoms. The third-order valence-corrected chi connectivity index (χ3v) is 6.11. The van der Waals surface area contributed by atoms with Gasteiger partial charge in [-0.25, -0.2) is 0 Å². The predicted molar refractivity (Wildman–Crippen MR) is 97.5 cm³/mol. The second-order valence-electron chi connectivity index (χ2n) is 6.31. The van der Waals surface area contributed by atoms with Gasteiger partial charge in [0.25, 0.3) is 0 Å². The Balaban J connectivity index is 1.75. The molecule has 1 aromatic rings. The number of rotatable bonds is 6. The summed E-state index contributed by atoms with van der Waals surface area (Å²) in [5, 5.41) is 0. The lowest BCUT2D eigenvalue weighted by molar-refractivity contribution is 0.317. The van der Waals surface area contributed by atoms with E-state index in [0.29, 0.717) is 12.5 Å². The maximum Gasteiger partial charge on any atom is 0.195 e. The maximum absolute atomic E-state index is 5.67. The molecule has 1 aliphatic carbocycles. The molecule has 1 saturated carbocycles. The van der Waals surface area contributed by atoms with Crippen LogP contribution in [0.25, 0.3) is 0 Å². The topological polar surface area (TPSA) is 34.5 Å². The van der Waals surface area contributed by atoms with Gasteiger partial charge in [0, 0.05) is 17.4 Å². The predicted octanol–water partition coefficient (Wildman–Crippen LogP) is 4.36. The summed E-state index contributed by atoms with van der Waals surface area (Å²) < 4.78 is 5.67. The van der Waals surface area contributed by atoms with Gasteiger partial charge in [-0.2, -0.15) is 0 Å². The smallest absolute Gasteiger partial charge is 0.195 e. The van der Waals surface area contributed by atoms with Crippen LogP contribution in [0, 0.1) is 5.92 Å². The Morgan fingerprint density at radius 1 is 1.43 bits per heavy atom. The van der Waals surface area contributed by atoms with Crippen LogP contribution in [0.3, 0.4) is 0 Å². The number of hydrogen-bond acceptors (Lipinski definition) is 4. The molecule has 3 nitrogen and oxygen atoms in total. The number of halogens is 1. The zero-order valence-corrected chi connectivity index (χ0v) is 15.5. The van der Waals surface area contributed by atoms with E-state index < -0.39 is 0 Å². The molecular weight excluding hydrogens is 395 g/mol. The summed E-state index contributed by atoms with van der Waals surface area (Å²) >= 11 is 2.38. The summed E-state index contributed by atoms with van der Waals surface area (Å²) in [6.07, 6.45) is 2.61. The molecule has 0 N–H and O–H groups in total. The van der Waals surface area contributed by atoms with Gasteiger partial charge < -0.3 is 4.74 Å². The molecule has 114 valence electrons. The van der Waals surface area contributed by atoms with Crippen LogP contribution >= 0.6 is 30.1 Å². The van der Waals surface area contributed by atoms with Gasteiger partial charge in [0.2, 0.25) is 0 Å². The average molecular weight is 416 g/mol. The molecular formula is C16H21IN2OS. The zero-order valence-electron chi connectivity index (χ0n) is 12.5. The molecule has 2 unspecified atom stereocenters. The minimum atomic E-state index is -0.227. The van der Waals surface area contributed by atoms with Gasteiger partial charge in [0.05, 0.1) is 17.7 Å². The molecule has 3 rings (SSSR count). The molecule has 0 saturated heterocycles. The molecule has 2 aliphatic rings. The molecule has 0 aromatic carbocycles.